The lowest BCUT2D eigenvalue weighted by molar-refractivity contribution is 0.283. The fourth-order valence-corrected chi connectivity index (χ4v) is 3.96. The van der Waals surface area contributed by atoms with Crippen molar-refractivity contribution in [3.05, 3.63) is 57.8 Å². The summed E-state index contributed by atoms with van der Waals surface area (Å²) in [5.41, 5.74) is 3.01. The van der Waals surface area contributed by atoms with Crippen molar-refractivity contribution in [1.82, 2.24) is 10.2 Å². The molecule has 0 saturated heterocycles. The van der Waals surface area contributed by atoms with Gasteiger partial charge < -0.3 is 10.2 Å². The molecule has 106 valence electrons. The van der Waals surface area contributed by atoms with Crippen LogP contribution in [-0.2, 0) is 6.42 Å². The van der Waals surface area contributed by atoms with E-state index in [0.717, 1.165) is 6.54 Å². The van der Waals surface area contributed by atoms with E-state index in [1.54, 1.807) is 0 Å². The topological polar surface area (TPSA) is 15.3 Å². The third-order valence-corrected chi connectivity index (χ3v) is 5.16. The van der Waals surface area contributed by atoms with Gasteiger partial charge in [-0.05, 0) is 49.5 Å². The number of aryl methyl sites for hydroxylation is 1. The zero-order valence-corrected chi connectivity index (χ0v) is 13.0. The van der Waals surface area contributed by atoms with Gasteiger partial charge in [0, 0.05) is 17.5 Å². The zero-order valence-electron chi connectivity index (χ0n) is 12.2. The van der Waals surface area contributed by atoms with Crippen molar-refractivity contribution in [3.63, 3.8) is 0 Å². The fraction of sp³-hybridized carbons (Fsp3) is 0.412. The van der Waals surface area contributed by atoms with E-state index in [1.165, 1.54) is 28.8 Å². The van der Waals surface area contributed by atoms with Crippen molar-refractivity contribution in [2.75, 3.05) is 20.6 Å². The van der Waals surface area contributed by atoms with Gasteiger partial charge in [-0.1, -0.05) is 30.3 Å². The molecule has 20 heavy (non-hydrogen) atoms. The Morgan fingerprint density at radius 3 is 2.85 bits per heavy atom. The van der Waals surface area contributed by atoms with Crippen molar-refractivity contribution < 1.29 is 0 Å². The van der Waals surface area contributed by atoms with Gasteiger partial charge in [-0.15, -0.1) is 11.3 Å². The summed E-state index contributed by atoms with van der Waals surface area (Å²) in [6.45, 7) is 1.01. The Labute approximate surface area is 125 Å². The summed E-state index contributed by atoms with van der Waals surface area (Å²) in [4.78, 5) is 3.74. The molecule has 0 saturated carbocycles. The smallest absolute Gasteiger partial charge is 0.0561 e. The molecular formula is C17H22N2S. The number of likely N-dealkylation sites (N-methyl/N-ethyl adjacent to an activating group) is 1. The number of nitrogens with zero attached hydrogens (tertiary/aromatic N) is 1. The highest BCUT2D eigenvalue weighted by molar-refractivity contribution is 7.10. The van der Waals surface area contributed by atoms with E-state index in [1.807, 2.05) is 11.3 Å². The first-order chi connectivity index (χ1) is 9.75. The second-order valence-electron chi connectivity index (χ2n) is 5.69. The molecule has 0 bridgehead atoms. The molecule has 1 aliphatic carbocycles. The number of benzene rings is 1. The first-order valence-electron chi connectivity index (χ1n) is 7.26. The van der Waals surface area contributed by atoms with Crippen LogP contribution < -0.4 is 5.32 Å². The highest BCUT2D eigenvalue weighted by atomic mass is 32.1. The van der Waals surface area contributed by atoms with Crippen LogP contribution in [0.5, 0.6) is 0 Å². The van der Waals surface area contributed by atoms with Gasteiger partial charge in [0.05, 0.1) is 6.04 Å². The van der Waals surface area contributed by atoms with Gasteiger partial charge in [0.2, 0.25) is 0 Å². The lowest BCUT2D eigenvalue weighted by Crippen LogP contribution is -2.32. The normalized spacial score (nSPS) is 19.2. The van der Waals surface area contributed by atoms with Crippen LogP contribution in [-0.4, -0.2) is 25.5 Å². The molecule has 0 amide bonds. The molecule has 3 rings (SSSR count). The third kappa shape index (κ3) is 2.80. The molecule has 2 aromatic rings. The summed E-state index contributed by atoms with van der Waals surface area (Å²) in [5, 5.41) is 5.94. The van der Waals surface area contributed by atoms with E-state index < -0.39 is 0 Å². The van der Waals surface area contributed by atoms with Gasteiger partial charge in [-0.25, -0.2) is 0 Å². The minimum atomic E-state index is 0.461. The largest absolute Gasteiger partial charge is 0.308 e. The van der Waals surface area contributed by atoms with E-state index >= 15 is 0 Å². The molecule has 2 atom stereocenters. The maximum absolute atomic E-state index is 3.77. The molecule has 0 aliphatic heterocycles. The second-order valence-corrected chi connectivity index (χ2v) is 6.67. The van der Waals surface area contributed by atoms with Crippen LogP contribution in [0.25, 0.3) is 0 Å². The van der Waals surface area contributed by atoms with E-state index in [2.05, 4.69) is 66.1 Å². The average molecular weight is 286 g/mol. The average Bonchev–Trinajstić information content (AvgIpc) is 3.09. The number of thiophene rings is 1. The third-order valence-electron chi connectivity index (χ3n) is 4.19. The summed E-state index contributed by atoms with van der Waals surface area (Å²) >= 11 is 1.85. The predicted molar refractivity (Wildman–Crippen MR) is 86.3 cm³/mol. The Hall–Kier alpha value is -1.16. The Kier molecular flexibility index (Phi) is 4.20. The monoisotopic (exact) mass is 286 g/mol. The SMILES string of the molecule is CN(C)C(CNC1CCc2ccccc21)c1cccs1. The molecule has 1 N–H and O–H groups in total. The summed E-state index contributed by atoms with van der Waals surface area (Å²) in [6, 6.07) is 14.2. The highest BCUT2D eigenvalue weighted by Crippen LogP contribution is 2.31. The Morgan fingerprint density at radius 1 is 1.25 bits per heavy atom. The quantitative estimate of drug-likeness (QED) is 0.903. The summed E-state index contributed by atoms with van der Waals surface area (Å²) < 4.78 is 0. The van der Waals surface area contributed by atoms with Crippen LogP contribution in [0, 0.1) is 0 Å². The molecule has 2 unspecified atom stereocenters. The lowest BCUT2D eigenvalue weighted by atomic mass is 10.1. The van der Waals surface area contributed by atoms with Crippen LogP contribution in [0.3, 0.4) is 0 Å². The fourth-order valence-electron chi connectivity index (χ4n) is 3.04. The van der Waals surface area contributed by atoms with Gasteiger partial charge in [-0.2, -0.15) is 0 Å². The van der Waals surface area contributed by atoms with Crippen molar-refractivity contribution in [3.8, 4) is 0 Å². The summed E-state index contributed by atoms with van der Waals surface area (Å²) in [6.07, 6.45) is 2.43. The van der Waals surface area contributed by atoms with Gasteiger partial charge in [0.15, 0.2) is 0 Å². The van der Waals surface area contributed by atoms with Crippen LogP contribution in [0.1, 0.15) is 34.5 Å². The van der Waals surface area contributed by atoms with E-state index in [4.69, 9.17) is 0 Å². The molecule has 0 fully saturated rings. The molecule has 1 aromatic heterocycles. The van der Waals surface area contributed by atoms with E-state index in [9.17, 15) is 0 Å². The maximum Gasteiger partial charge on any atom is 0.0561 e. The summed E-state index contributed by atoms with van der Waals surface area (Å²) in [7, 11) is 4.32. The Bertz CT molecular complexity index is 548. The first-order valence-corrected chi connectivity index (χ1v) is 8.14. The lowest BCUT2D eigenvalue weighted by Gasteiger charge is -2.25. The van der Waals surface area contributed by atoms with Gasteiger partial charge in [0.25, 0.3) is 0 Å². The van der Waals surface area contributed by atoms with E-state index in [-0.39, 0.29) is 0 Å². The zero-order chi connectivity index (χ0) is 13.9. The maximum atomic E-state index is 3.77. The molecule has 0 radical (unpaired) electrons. The Balaban J connectivity index is 1.67. The van der Waals surface area contributed by atoms with Crippen LogP contribution >= 0.6 is 11.3 Å². The predicted octanol–water partition coefficient (Wildman–Crippen LogP) is 3.63. The van der Waals surface area contributed by atoms with Crippen LogP contribution in [0.15, 0.2) is 41.8 Å². The van der Waals surface area contributed by atoms with Gasteiger partial charge in [-0.3, -0.25) is 0 Å². The minimum absolute atomic E-state index is 0.461. The van der Waals surface area contributed by atoms with Crippen molar-refractivity contribution >= 4 is 11.3 Å². The first kappa shape index (κ1) is 13.8. The number of nitrogens with one attached hydrogen (secondary N) is 1. The molecule has 2 nitrogen and oxygen atoms in total. The molecule has 1 heterocycles. The number of hydrogen-bond acceptors (Lipinski definition) is 3. The molecule has 0 spiro atoms. The standard InChI is InChI=1S/C17H22N2S/c1-19(2)16(17-8-5-11-20-17)12-18-15-10-9-13-6-3-4-7-14(13)15/h3-8,11,15-16,18H,9-10,12H2,1-2H3. The number of fused-ring (bicyclic) bond motifs is 1. The van der Waals surface area contributed by atoms with Crippen molar-refractivity contribution in [2.45, 2.75) is 24.9 Å². The second kappa shape index (κ2) is 6.08. The summed E-state index contributed by atoms with van der Waals surface area (Å²) in [5.74, 6) is 0. The molecule has 3 heteroatoms. The van der Waals surface area contributed by atoms with Crippen LogP contribution in [0.4, 0.5) is 0 Å². The van der Waals surface area contributed by atoms with Crippen molar-refractivity contribution in [2.24, 2.45) is 0 Å². The van der Waals surface area contributed by atoms with Crippen molar-refractivity contribution in [1.29, 1.82) is 0 Å². The van der Waals surface area contributed by atoms with E-state index in [0.29, 0.717) is 12.1 Å². The minimum Gasteiger partial charge on any atom is -0.308 e. The molecule has 1 aromatic carbocycles. The van der Waals surface area contributed by atoms with Crippen LogP contribution in [0.2, 0.25) is 0 Å². The number of rotatable bonds is 5. The van der Waals surface area contributed by atoms with Gasteiger partial charge in [0.1, 0.15) is 0 Å². The van der Waals surface area contributed by atoms with Gasteiger partial charge >= 0.3 is 0 Å². The Morgan fingerprint density at radius 2 is 2.10 bits per heavy atom. The molecule has 1 aliphatic rings. The number of hydrogen-bond donors (Lipinski definition) is 1. The molecular weight excluding hydrogens is 264 g/mol. The highest BCUT2D eigenvalue weighted by Gasteiger charge is 2.23.